The second-order valence-electron chi connectivity index (χ2n) is 3.91. The van der Waals surface area contributed by atoms with Crippen molar-refractivity contribution in [2.24, 2.45) is 7.05 Å². The molecule has 16 heavy (non-hydrogen) atoms. The van der Waals surface area contributed by atoms with Gasteiger partial charge in [-0.1, -0.05) is 6.07 Å². The third kappa shape index (κ3) is 1.48. The van der Waals surface area contributed by atoms with Crippen LogP contribution in [0.25, 0.3) is 11.0 Å². The number of aromatic nitrogens is 4. The van der Waals surface area contributed by atoms with Gasteiger partial charge in [0.05, 0.1) is 23.7 Å². The van der Waals surface area contributed by atoms with E-state index < -0.39 is 0 Å². The molecule has 80 valence electrons. The maximum Gasteiger partial charge on any atom is 0.0955 e. The monoisotopic (exact) mass is 212 g/mol. The molecule has 0 spiro atoms. The minimum atomic E-state index is 0.848. The summed E-state index contributed by atoms with van der Waals surface area (Å²) < 4.78 is 4.09. The Morgan fingerprint density at radius 2 is 2.19 bits per heavy atom. The molecule has 4 nitrogen and oxygen atoms in total. The molecule has 0 unspecified atom stereocenters. The molecular weight excluding hydrogens is 200 g/mol. The minimum Gasteiger partial charge on any atom is -0.334 e. The van der Waals surface area contributed by atoms with Crippen molar-refractivity contribution < 1.29 is 0 Å². The Bertz CT molecular complexity index is 607. The Kier molecular flexibility index (Phi) is 1.99. The van der Waals surface area contributed by atoms with Crippen LogP contribution in [0.4, 0.5) is 0 Å². The summed E-state index contributed by atoms with van der Waals surface area (Å²) in [7, 11) is 2.01. The summed E-state index contributed by atoms with van der Waals surface area (Å²) in [5, 5.41) is 0. The van der Waals surface area contributed by atoms with E-state index in [0.717, 1.165) is 17.6 Å². The lowest BCUT2D eigenvalue weighted by Gasteiger charge is -2.03. The molecule has 0 amide bonds. The van der Waals surface area contributed by atoms with Gasteiger partial charge in [-0.2, -0.15) is 0 Å². The average Bonchev–Trinajstić information content (AvgIpc) is 2.90. The maximum absolute atomic E-state index is 4.30. The summed E-state index contributed by atoms with van der Waals surface area (Å²) >= 11 is 0. The normalized spacial score (nSPS) is 11.1. The molecule has 0 saturated heterocycles. The Hall–Kier alpha value is -2.10. The highest BCUT2D eigenvalue weighted by Crippen LogP contribution is 2.14. The highest BCUT2D eigenvalue weighted by atomic mass is 15.0. The van der Waals surface area contributed by atoms with E-state index in [0.29, 0.717) is 0 Å². The van der Waals surface area contributed by atoms with Gasteiger partial charge < -0.3 is 9.13 Å². The van der Waals surface area contributed by atoms with Gasteiger partial charge in [0.25, 0.3) is 0 Å². The highest BCUT2D eigenvalue weighted by Gasteiger charge is 2.01. The molecule has 2 aromatic heterocycles. The first kappa shape index (κ1) is 9.15. The number of hydrogen-bond donors (Lipinski definition) is 0. The van der Waals surface area contributed by atoms with Crippen LogP contribution in [0.15, 0.2) is 43.2 Å². The number of fused-ring (bicyclic) bond motifs is 1. The third-order valence-electron chi connectivity index (χ3n) is 2.71. The summed E-state index contributed by atoms with van der Waals surface area (Å²) in [5.74, 6) is 0. The van der Waals surface area contributed by atoms with Crippen LogP contribution in [0.2, 0.25) is 0 Å². The zero-order valence-electron chi connectivity index (χ0n) is 9.04. The van der Waals surface area contributed by atoms with Crippen molar-refractivity contribution in [3.63, 3.8) is 0 Å². The van der Waals surface area contributed by atoms with Gasteiger partial charge in [-0.05, 0) is 17.7 Å². The van der Waals surface area contributed by atoms with Gasteiger partial charge in [0.15, 0.2) is 0 Å². The van der Waals surface area contributed by atoms with Crippen molar-refractivity contribution in [2.45, 2.75) is 6.54 Å². The molecule has 0 bridgehead atoms. The predicted octanol–water partition coefficient (Wildman–Crippen LogP) is 1.82. The topological polar surface area (TPSA) is 35.6 Å². The summed E-state index contributed by atoms with van der Waals surface area (Å²) in [6, 6.07) is 6.33. The molecule has 0 aliphatic carbocycles. The van der Waals surface area contributed by atoms with Gasteiger partial charge in [0.1, 0.15) is 0 Å². The SMILES string of the molecule is Cn1cnc2ccc(Cn3ccnc3)cc21. The molecule has 1 aromatic carbocycles. The molecule has 4 heteroatoms. The van der Waals surface area contributed by atoms with Gasteiger partial charge in [-0.15, -0.1) is 0 Å². The van der Waals surface area contributed by atoms with Gasteiger partial charge in [-0.25, -0.2) is 9.97 Å². The van der Waals surface area contributed by atoms with E-state index in [9.17, 15) is 0 Å². The fourth-order valence-corrected chi connectivity index (χ4v) is 1.86. The lowest BCUT2D eigenvalue weighted by Crippen LogP contribution is -1.96. The van der Waals surface area contributed by atoms with Crippen LogP contribution in [-0.2, 0) is 13.6 Å². The molecular formula is C12H12N4. The average molecular weight is 212 g/mol. The van der Waals surface area contributed by atoms with Crippen LogP contribution < -0.4 is 0 Å². The zero-order valence-corrected chi connectivity index (χ0v) is 9.04. The lowest BCUT2D eigenvalue weighted by molar-refractivity contribution is 0.797. The Labute approximate surface area is 93.2 Å². The first-order chi connectivity index (χ1) is 7.83. The van der Waals surface area contributed by atoms with Gasteiger partial charge in [0, 0.05) is 26.0 Å². The largest absolute Gasteiger partial charge is 0.334 e. The molecule has 2 heterocycles. The number of benzene rings is 1. The van der Waals surface area contributed by atoms with Gasteiger partial charge in [-0.3, -0.25) is 0 Å². The number of aryl methyl sites for hydroxylation is 1. The molecule has 0 fully saturated rings. The fraction of sp³-hybridized carbons (Fsp3) is 0.167. The second-order valence-corrected chi connectivity index (χ2v) is 3.91. The summed E-state index contributed by atoms with van der Waals surface area (Å²) in [4.78, 5) is 8.33. The van der Waals surface area contributed by atoms with Crippen LogP contribution in [0.5, 0.6) is 0 Å². The standard InChI is InChI=1S/C12H12N4/c1-15-9-14-11-3-2-10(6-12(11)15)7-16-5-4-13-8-16/h2-6,8-9H,7H2,1H3. The first-order valence-corrected chi connectivity index (χ1v) is 5.18. The maximum atomic E-state index is 4.30. The van der Waals surface area contributed by atoms with Crippen molar-refractivity contribution in [3.05, 3.63) is 48.8 Å². The number of hydrogen-bond acceptors (Lipinski definition) is 2. The van der Waals surface area contributed by atoms with Crippen LogP contribution in [0, 0.1) is 0 Å². The molecule has 0 aliphatic heterocycles. The van der Waals surface area contributed by atoms with Crippen molar-refractivity contribution in [1.29, 1.82) is 0 Å². The van der Waals surface area contributed by atoms with Crippen molar-refractivity contribution in [3.8, 4) is 0 Å². The summed E-state index contributed by atoms with van der Waals surface area (Å²) in [5.41, 5.74) is 3.46. The van der Waals surface area contributed by atoms with Crippen LogP contribution in [0.1, 0.15) is 5.56 Å². The van der Waals surface area contributed by atoms with Crippen LogP contribution in [0.3, 0.4) is 0 Å². The number of imidazole rings is 2. The minimum absolute atomic E-state index is 0.848. The highest BCUT2D eigenvalue weighted by molar-refractivity contribution is 5.75. The molecule has 0 saturated carbocycles. The number of rotatable bonds is 2. The van der Waals surface area contributed by atoms with E-state index in [1.807, 2.05) is 30.5 Å². The summed E-state index contributed by atoms with van der Waals surface area (Å²) in [6.07, 6.45) is 7.43. The second kappa shape index (κ2) is 3.48. The van der Waals surface area contributed by atoms with Gasteiger partial charge in [0.2, 0.25) is 0 Å². The van der Waals surface area contributed by atoms with Crippen molar-refractivity contribution in [1.82, 2.24) is 19.1 Å². The first-order valence-electron chi connectivity index (χ1n) is 5.18. The molecule has 0 aliphatic rings. The quantitative estimate of drug-likeness (QED) is 0.649. The van der Waals surface area contributed by atoms with Gasteiger partial charge >= 0.3 is 0 Å². The Morgan fingerprint density at radius 1 is 1.25 bits per heavy atom. The third-order valence-corrected chi connectivity index (χ3v) is 2.71. The Morgan fingerprint density at radius 3 is 3.00 bits per heavy atom. The predicted molar refractivity (Wildman–Crippen MR) is 62.0 cm³/mol. The van der Waals surface area contributed by atoms with Crippen LogP contribution >= 0.6 is 0 Å². The van der Waals surface area contributed by atoms with E-state index in [1.165, 1.54) is 5.56 Å². The zero-order chi connectivity index (χ0) is 11.0. The van der Waals surface area contributed by atoms with Crippen LogP contribution in [-0.4, -0.2) is 19.1 Å². The molecule has 0 N–H and O–H groups in total. The van der Waals surface area contributed by atoms with Crippen molar-refractivity contribution in [2.75, 3.05) is 0 Å². The Balaban J connectivity index is 2.01. The van der Waals surface area contributed by atoms with E-state index in [2.05, 4.69) is 32.7 Å². The lowest BCUT2D eigenvalue weighted by atomic mass is 10.2. The van der Waals surface area contributed by atoms with Crippen molar-refractivity contribution >= 4 is 11.0 Å². The van der Waals surface area contributed by atoms with E-state index in [-0.39, 0.29) is 0 Å². The number of nitrogens with zero attached hydrogens (tertiary/aromatic N) is 4. The smallest absolute Gasteiger partial charge is 0.0955 e. The molecule has 3 aromatic rings. The summed E-state index contributed by atoms with van der Waals surface area (Å²) in [6.45, 7) is 0.848. The molecule has 0 atom stereocenters. The van der Waals surface area contributed by atoms with E-state index >= 15 is 0 Å². The van der Waals surface area contributed by atoms with E-state index in [1.54, 1.807) is 6.20 Å². The molecule has 3 rings (SSSR count). The fourth-order valence-electron chi connectivity index (χ4n) is 1.86. The molecule has 0 radical (unpaired) electrons. The van der Waals surface area contributed by atoms with E-state index in [4.69, 9.17) is 0 Å².